The van der Waals surface area contributed by atoms with Crippen molar-refractivity contribution in [3.05, 3.63) is 0 Å². The molecule has 0 N–H and O–H groups in total. The molecule has 0 aliphatic carbocycles. The van der Waals surface area contributed by atoms with Gasteiger partial charge in [0.15, 0.2) is 0 Å². The predicted octanol–water partition coefficient (Wildman–Crippen LogP) is 2.42. The van der Waals surface area contributed by atoms with Crippen molar-refractivity contribution in [3.8, 4) is 0 Å². The van der Waals surface area contributed by atoms with E-state index in [0.717, 1.165) is 6.92 Å². The first-order chi connectivity index (χ1) is 4.34. The van der Waals surface area contributed by atoms with Gasteiger partial charge in [0, 0.05) is 6.04 Å². The minimum absolute atomic E-state index is 0.290. The molecule has 0 amide bonds. The maximum Gasteiger partial charge on any atom is 0.428 e. The molecule has 10 heavy (non-hydrogen) atoms. The first-order valence-corrected chi connectivity index (χ1v) is 2.95. The first kappa shape index (κ1) is 9.46. The maximum atomic E-state index is 11.7. The van der Waals surface area contributed by atoms with Crippen LogP contribution < -0.4 is 0 Å². The zero-order valence-corrected chi connectivity index (χ0v) is 6.16. The molecule has 0 aromatic carbocycles. The lowest BCUT2D eigenvalue weighted by Gasteiger charge is -2.06. The Labute approximate surface area is 58.0 Å². The van der Waals surface area contributed by atoms with Gasteiger partial charge in [0.2, 0.25) is 0 Å². The molecule has 4 heteroatoms. The van der Waals surface area contributed by atoms with Crippen molar-refractivity contribution in [1.82, 2.24) is 0 Å². The van der Waals surface area contributed by atoms with E-state index in [2.05, 4.69) is 4.99 Å². The van der Waals surface area contributed by atoms with Crippen molar-refractivity contribution >= 4 is 5.71 Å². The highest BCUT2D eigenvalue weighted by Gasteiger charge is 2.31. The normalized spacial score (nSPS) is 14.5. The minimum Gasteiger partial charge on any atom is -0.282 e. The summed E-state index contributed by atoms with van der Waals surface area (Å²) in [5.74, 6) is 0. The quantitative estimate of drug-likeness (QED) is 0.513. The molecule has 0 rings (SSSR count). The van der Waals surface area contributed by atoms with Gasteiger partial charge in [0.25, 0.3) is 0 Å². The smallest absolute Gasteiger partial charge is 0.282 e. The number of rotatable bonds is 1. The molecule has 0 heterocycles. The Morgan fingerprint density at radius 3 is 1.80 bits per heavy atom. The summed E-state index contributed by atoms with van der Waals surface area (Å²) in [5.41, 5.74) is -0.762. The molecule has 0 atom stereocenters. The lowest BCUT2D eigenvalue weighted by Crippen LogP contribution is -2.20. The number of alkyl halides is 3. The molecule has 0 aliphatic rings. The monoisotopic (exact) mass is 153 g/mol. The Hall–Kier alpha value is -0.540. The molecule has 0 unspecified atom stereocenters. The highest BCUT2D eigenvalue weighted by atomic mass is 19.4. The van der Waals surface area contributed by atoms with Crippen LogP contribution in [-0.4, -0.2) is 17.9 Å². The summed E-state index contributed by atoms with van der Waals surface area (Å²) < 4.78 is 35.0. The van der Waals surface area contributed by atoms with Crippen LogP contribution in [0.4, 0.5) is 13.2 Å². The largest absolute Gasteiger partial charge is 0.428 e. The van der Waals surface area contributed by atoms with E-state index in [-0.39, 0.29) is 6.04 Å². The van der Waals surface area contributed by atoms with Gasteiger partial charge in [-0.3, -0.25) is 4.99 Å². The van der Waals surface area contributed by atoms with Crippen LogP contribution in [0.25, 0.3) is 0 Å². The maximum absolute atomic E-state index is 11.7. The topological polar surface area (TPSA) is 12.4 Å². The Morgan fingerprint density at radius 2 is 1.70 bits per heavy atom. The molecule has 0 spiro atoms. The fourth-order valence-corrected chi connectivity index (χ4v) is 0.460. The molecule has 0 bridgehead atoms. The fraction of sp³-hybridized carbons (Fsp3) is 0.833. The lowest BCUT2D eigenvalue weighted by molar-refractivity contribution is -0.0595. The van der Waals surface area contributed by atoms with Crippen molar-refractivity contribution in [2.75, 3.05) is 0 Å². The van der Waals surface area contributed by atoms with Crippen molar-refractivity contribution in [1.29, 1.82) is 0 Å². The molecule has 0 radical (unpaired) electrons. The van der Waals surface area contributed by atoms with E-state index in [0.29, 0.717) is 0 Å². The summed E-state index contributed by atoms with van der Waals surface area (Å²) in [6.45, 7) is 4.19. The van der Waals surface area contributed by atoms with Gasteiger partial charge in [-0.2, -0.15) is 13.2 Å². The van der Waals surface area contributed by atoms with Gasteiger partial charge in [-0.25, -0.2) is 0 Å². The minimum atomic E-state index is -4.26. The van der Waals surface area contributed by atoms with Gasteiger partial charge in [-0.15, -0.1) is 0 Å². The average Bonchev–Trinajstić information content (AvgIpc) is 1.60. The van der Waals surface area contributed by atoms with Crippen molar-refractivity contribution in [2.45, 2.75) is 33.0 Å². The van der Waals surface area contributed by atoms with Gasteiger partial charge in [0.1, 0.15) is 5.71 Å². The lowest BCUT2D eigenvalue weighted by atomic mass is 10.3. The second kappa shape index (κ2) is 3.03. The van der Waals surface area contributed by atoms with E-state index >= 15 is 0 Å². The third kappa shape index (κ3) is 3.48. The van der Waals surface area contributed by atoms with Crippen molar-refractivity contribution in [3.63, 3.8) is 0 Å². The molecule has 0 aliphatic heterocycles. The fourth-order valence-electron chi connectivity index (χ4n) is 0.460. The number of hydrogen-bond acceptors (Lipinski definition) is 1. The zero-order chi connectivity index (χ0) is 8.36. The van der Waals surface area contributed by atoms with E-state index in [1.165, 1.54) is 0 Å². The third-order valence-electron chi connectivity index (χ3n) is 0.862. The summed E-state index contributed by atoms with van der Waals surface area (Å²) in [4.78, 5) is 3.34. The van der Waals surface area contributed by atoms with Crippen LogP contribution in [0, 0.1) is 0 Å². The van der Waals surface area contributed by atoms with E-state index < -0.39 is 11.9 Å². The van der Waals surface area contributed by atoms with Gasteiger partial charge in [-0.1, -0.05) is 0 Å². The Morgan fingerprint density at radius 1 is 1.30 bits per heavy atom. The van der Waals surface area contributed by atoms with E-state index in [1.807, 2.05) is 0 Å². The standard InChI is InChI=1S/C6H10F3N/c1-4(2)10-5(3)6(7,8)9/h4H,1-3H3/b10-5+. The predicted molar refractivity (Wildman–Crippen MR) is 34.3 cm³/mol. The molecular weight excluding hydrogens is 143 g/mol. The van der Waals surface area contributed by atoms with Gasteiger partial charge >= 0.3 is 6.18 Å². The molecule has 0 aromatic rings. The average molecular weight is 153 g/mol. The van der Waals surface area contributed by atoms with E-state index in [1.54, 1.807) is 13.8 Å². The number of hydrogen-bond donors (Lipinski definition) is 0. The molecule has 0 saturated carbocycles. The third-order valence-corrected chi connectivity index (χ3v) is 0.862. The number of nitrogens with zero attached hydrogens (tertiary/aromatic N) is 1. The first-order valence-electron chi connectivity index (χ1n) is 2.95. The van der Waals surface area contributed by atoms with Crippen molar-refractivity contribution in [2.24, 2.45) is 4.99 Å². The molecule has 60 valence electrons. The second-order valence-corrected chi connectivity index (χ2v) is 2.31. The summed E-state index contributed by atoms with van der Waals surface area (Å²) >= 11 is 0. The highest BCUT2D eigenvalue weighted by Crippen LogP contribution is 2.17. The Bertz CT molecular complexity index is 134. The van der Waals surface area contributed by atoms with Gasteiger partial charge in [-0.05, 0) is 20.8 Å². The Balaban J connectivity index is 4.20. The second-order valence-electron chi connectivity index (χ2n) is 2.31. The van der Waals surface area contributed by atoms with E-state index in [4.69, 9.17) is 0 Å². The SMILES string of the molecule is C/C(=N\C(C)C)C(F)(F)F. The number of halogens is 3. The van der Waals surface area contributed by atoms with Crippen LogP contribution >= 0.6 is 0 Å². The van der Waals surface area contributed by atoms with Gasteiger partial charge < -0.3 is 0 Å². The number of aliphatic imine (C=N–C) groups is 1. The van der Waals surface area contributed by atoms with Crippen molar-refractivity contribution < 1.29 is 13.2 Å². The van der Waals surface area contributed by atoms with Crippen LogP contribution in [0.15, 0.2) is 4.99 Å². The highest BCUT2D eigenvalue weighted by molar-refractivity contribution is 5.87. The van der Waals surface area contributed by atoms with Crippen LogP contribution in [0.1, 0.15) is 20.8 Å². The summed E-state index contributed by atoms with van der Waals surface area (Å²) in [5, 5.41) is 0. The van der Waals surface area contributed by atoms with Crippen LogP contribution in [0.5, 0.6) is 0 Å². The summed E-state index contributed by atoms with van der Waals surface area (Å²) in [7, 11) is 0. The summed E-state index contributed by atoms with van der Waals surface area (Å²) in [6.07, 6.45) is -4.26. The van der Waals surface area contributed by atoms with Crippen LogP contribution in [0.3, 0.4) is 0 Å². The zero-order valence-electron chi connectivity index (χ0n) is 6.16. The van der Waals surface area contributed by atoms with Crippen LogP contribution in [-0.2, 0) is 0 Å². The molecule has 0 aromatic heterocycles. The molecular formula is C6H10F3N. The molecule has 0 saturated heterocycles. The summed E-state index contributed by atoms with van der Waals surface area (Å²) in [6, 6.07) is -0.290. The molecule has 1 nitrogen and oxygen atoms in total. The molecule has 0 fully saturated rings. The van der Waals surface area contributed by atoms with Gasteiger partial charge in [0.05, 0.1) is 0 Å². The Kier molecular flexibility index (Phi) is 2.87. The van der Waals surface area contributed by atoms with E-state index in [9.17, 15) is 13.2 Å². The van der Waals surface area contributed by atoms with Crippen LogP contribution in [0.2, 0.25) is 0 Å².